The second-order valence-electron chi connectivity index (χ2n) is 4.43. The van der Waals surface area contributed by atoms with Gasteiger partial charge in [-0.25, -0.2) is 9.59 Å². The van der Waals surface area contributed by atoms with Gasteiger partial charge in [0.05, 0.1) is 12.8 Å². The fraction of sp³-hybridized carbons (Fsp3) is 0.500. The third-order valence-corrected chi connectivity index (χ3v) is 2.31. The van der Waals surface area contributed by atoms with Crippen molar-refractivity contribution in [3.05, 3.63) is 24.2 Å². The molecule has 0 bridgehead atoms. The van der Waals surface area contributed by atoms with Crippen molar-refractivity contribution in [3.8, 4) is 0 Å². The molecule has 1 unspecified atom stereocenters. The van der Waals surface area contributed by atoms with Crippen LogP contribution in [-0.2, 0) is 11.3 Å². The summed E-state index contributed by atoms with van der Waals surface area (Å²) in [7, 11) is 0. The van der Waals surface area contributed by atoms with E-state index in [1.54, 1.807) is 12.1 Å². The largest absolute Gasteiger partial charge is 0.480 e. The summed E-state index contributed by atoms with van der Waals surface area (Å²) in [5, 5.41) is 13.9. The van der Waals surface area contributed by atoms with Gasteiger partial charge in [0.1, 0.15) is 11.8 Å². The van der Waals surface area contributed by atoms with Gasteiger partial charge in [0.25, 0.3) is 0 Å². The van der Waals surface area contributed by atoms with Crippen molar-refractivity contribution in [2.45, 2.75) is 32.9 Å². The minimum atomic E-state index is -1.03. The topological polar surface area (TPSA) is 91.6 Å². The fourth-order valence-electron chi connectivity index (χ4n) is 1.48. The summed E-state index contributed by atoms with van der Waals surface area (Å²) in [6.07, 6.45) is 1.90. The van der Waals surface area contributed by atoms with Crippen molar-refractivity contribution in [1.82, 2.24) is 10.6 Å². The summed E-state index contributed by atoms with van der Waals surface area (Å²) >= 11 is 0. The molecule has 3 N–H and O–H groups in total. The average molecular weight is 254 g/mol. The van der Waals surface area contributed by atoms with Gasteiger partial charge in [-0.15, -0.1) is 0 Å². The number of carboxylic acids is 1. The number of rotatable bonds is 6. The van der Waals surface area contributed by atoms with Crippen LogP contribution in [-0.4, -0.2) is 23.1 Å². The highest BCUT2D eigenvalue weighted by atomic mass is 16.4. The molecule has 0 aliphatic carbocycles. The Labute approximate surface area is 105 Å². The van der Waals surface area contributed by atoms with Gasteiger partial charge >= 0.3 is 12.0 Å². The van der Waals surface area contributed by atoms with Crippen LogP contribution in [0, 0.1) is 5.92 Å². The number of furan rings is 1. The molecule has 0 saturated carbocycles. The van der Waals surface area contributed by atoms with Gasteiger partial charge in [-0.2, -0.15) is 0 Å². The number of amides is 2. The SMILES string of the molecule is CC(C)CC(NC(=O)NCc1ccco1)C(=O)O. The van der Waals surface area contributed by atoms with Crippen LogP contribution < -0.4 is 10.6 Å². The molecule has 1 aromatic rings. The van der Waals surface area contributed by atoms with E-state index < -0.39 is 18.0 Å². The molecule has 6 nitrogen and oxygen atoms in total. The zero-order chi connectivity index (χ0) is 13.5. The summed E-state index contributed by atoms with van der Waals surface area (Å²) in [6.45, 7) is 4.03. The molecule has 1 rings (SSSR count). The monoisotopic (exact) mass is 254 g/mol. The summed E-state index contributed by atoms with van der Waals surface area (Å²) in [4.78, 5) is 22.4. The average Bonchev–Trinajstić information content (AvgIpc) is 2.77. The van der Waals surface area contributed by atoms with E-state index in [0.717, 1.165) is 0 Å². The zero-order valence-corrected chi connectivity index (χ0v) is 10.5. The van der Waals surface area contributed by atoms with Crippen LogP contribution in [0.5, 0.6) is 0 Å². The van der Waals surface area contributed by atoms with Crippen LogP contribution in [0.4, 0.5) is 4.79 Å². The fourth-order valence-corrected chi connectivity index (χ4v) is 1.48. The van der Waals surface area contributed by atoms with Crippen molar-refractivity contribution in [3.63, 3.8) is 0 Å². The lowest BCUT2D eigenvalue weighted by molar-refractivity contribution is -0.139. The maximum absolute atomic E-state index is 11.5. The van der Waals surface area contributed by atoms with E-state index >= 15 is 0 Å². The summed E-state index contributed by atoms with van der Waals surface area (Å²) in [6, 6.07) is 2.05. The summed E-state index contributed by atoms with van der Waals surface area (Å²) in [5.74, 6) is -0.228. The first kappa shape index (κ1) is 14.1. The maximum atomic E-state index is 11.5. The summed E-state index contributed by atoms with van der Waals surface area (Å²) in [5.41, 5.74) is 0. The van der Waals surface area contributed by atoms with Gasteiger partial charge in [0, 0.05) is 0 Å². The van der Waals surface area contributed by atoms with Gasteiger partial charge < -0.3 is 20.2 Å². The molecule has 0 spiro atoms. The predicted molar refractivity (Wildman–Crippen MR) is 65.0 cm³/mol. The summed E-state index contributed by atoms with van der Waals surface area (Å²) < 4.78 is 5.04. The lowest BCUT2D eigenvalue weighted by atomic mass is 10.0. The molecule has 1 atom stereocenters. The van der Waals surface area contributed by atoms with E-state index in [4.69, 9.17) is 9.52 Å². The van der Waals surface area contributed by atoms with Gasteiger partial charge in [-0.05, 0) is 24.5 Å². The highest BCUT2D eigenvalue weighted by Gasteiger charge is 2.20. The lowest BCUT2D eigenvalue weighted by Gasteiger charge is -2.16. The molecular weight excluding hydrogens is 236 g/mol. The van der Waals surface area contributed by atoms with E-state index in [0.29, 0.717) is 12.2 Å². The van der Waals surface area contributed by atoms with Crippen LogP contribution in [0.1, 0.15) is 26.0 Å². The molecule has 0 aromatic carbocycles. The Morgan fingerprint density at radius 2 is 2.17 bits per heavy atom. The molecule has 100 valence electrons. The van der Waals surface area contributed by atoms with Gasteiger partial charge in [-0.3, -0.25) is 0 Å². The highest BCUT2D eigenvalue weighted by Crippen LogP contribution is 2.05. The molecule has 2 amide bonds. The third kappa shape index (κ3) is 4.90. The van der Waals surface area contributed by atoms with Gasteiger partial charge in [0.15, 0.2) is 0 Å². The molecule has 1 heterocycles. The van der Waals surface area contributed by atoms with E-state index in [-0.39, 0.29) is 12.5 Å². The minimum Gasteiger partial charge on any atom is -0.480 e. The van der Waals surface area contributed by atoms with E-state index in [1.807, 2.05) is 13.8 Å². The van der Waals surface area contributed by atoms with Crippen molar-refractivity contribution < 1.29 is 19.1 Å². The minimum absolute atomic E-state index is 0.191. The van der Waals surface area contributed by atoms with Gasteiger partial charge in [-0.1, -0.05) is 13.8 Å². The van der Waals surface area contributed by atoms with Crippen LogP contribution in [0.15, 0.2) is 22.8 Å². The van der Waals surface area contributed by atoms with Crippen LogP contribution in [0.3, 0.4) is 0 Å². The van der Waals surface area contributed by atoms with Crippen molar-refractivity contribution >= 4 is 12.0 Å². The van der Waals surface area contributed by atoms with E-state index in [1.165, 1.54) is 6.26 Å². The second-order valence-corrected chi connectivity index (χ2v) is 4.43. The molecule has 0 saturated heterocycles. The second kappa shape index (κ2) is 6.68. The first-order chi connectivity index (χ1) is 8.49. The molecule has 0 radical (unpaired) electrons. The maximum Gasteiger partial charge on any atom is 0.326 e. The van der Waals surface area contributed by atoms with Crippen LogP contribution in [0.25, 0.3) is 0 Å². The molecule has 0 fully saturated rings. The zero-order valence-electron chi connectivity index (χ0n) is 10.5. The van der Waals surface area contributed by atoms with E-state index in [9.17, 15) is 9.59 Å². The number of carboxylic acid groups (broad SMARTS) is 1. The number of carbonyl (C=O) groups is 2. The van der Waals surface area contributed by atoms with Crippen molar-refractivity contribution in [2.75, 3.05) is 0 Å². The first-order valence-corrected chi connectivity index (χ1v) is 5.78. The number of nitrogens with one attached hydrogen (secondary N) is 2. The normalized spacial score (nSPS) is 12.2. The first-order valence-electron chi connectivity index (χ1n) is 5.78. The number of hydrogen-bond donors (Lipinski definition) is 3. The Balaban J connectivity index is 2.39. The Hall–Kier alpha value is -1.98. The Morgan fingerprint density at radius 1 is 1.44 bits per heavy atom. The highest BCUT2D eigenvalue weighted by molar-refractivity contribution is 5.82. The molecule has 0 aliphatic rings. The standard InChI is InChI=1S/C12H18N2O4/c1-8(2)6-10(11(15)16)14-12(17)13-7-9-4-3-5-18-9/h3-5,8,10H,6-7H2,1-2H3,(H,15,16)(H2,13,14,17). The molecule has 18 heavy (non-hydrogen) atoms. The van der Waals surface area contributed by atoms with E-state index in [2.05, 4.69) is 10.6 Å². The molecule has 1 aromatic heterocycles. The smallest absolute Gasteiger partial charge is 0.326 e. The molecule has 0 aliphatic heterocycles. The molecule has 6 heteroatoms. The van der Waals surface area contributed by atoms with Gasteiger partial charge in [0.2, 0.25) is 0 Å². The van der Waals surface area contributed by atoms with Crippen molar-refractivity contribution in [1.29, 1.82) is 0 Å². The Kier molecular flexibility index (Phi) is 5.23. The number of urea groups is 1. The number of carbonyl (C=O) groups excluding carboxylic acids is 1. The number of aliphatic carboxylic acids is 1. The third-order valence-electron chi connectivity index (χ3n) is 2.31. The Morgan fingerprint density at radius 3 is 2.67 bits per heavy atom. The quantitative estimate of drug-likeness (QED) is 0.718. The Bertz CT molecular complexity index is 387. The number of hydrogen-bond acceptors (Lipinski definition) is 3. The predicted octanol–water partition coefficient (Wildman–Crippen LogP) is 1.58. The lowest BCUT2D eigenvalue weighted by Crippen LogP contribution is -2.46. The molecular formula is C12H18N2O4. The van der Waals surface area contributed by atoms with Crippen molar-refractivity contribution in [2.24, 2.45) is 5.92 Å². The van der Waals surface area contributed by atoms with Crippen LogP contribution in [0.2, 0.25) is 0 Å². The van der Waals surface area contributed by atoms with Crippen LogP contribution >= 0.6 is 0 Å².